The van der Waals surface area contributed by atoms with E-state index in [9.17, 15) is 0 Å². The second-order valence-corrected chi connectivity index (χ2v) is 8.01. The molecule has 20 heavy (non-hydrogen) atoms. The summed E-state index contributed by atoms with van der Waals surface area (Å²) >= 11 is 0. The summed E-state index contributed by atoms with van der Waals surface area (Å²) in [5.41, 5.74) is 0.505. The maximum atomic E-state index is 3.80. The minimum atomic E-state index is 0.505. The van der Waals surface area contributed by atoms with E-state index in [1.54, 1.807) is 0 Å². The van der Waals surface area contributed by atoms with Gasteiger partial charge in [0.15, 0.2) is 0 Å². The fourth-order valence-electron chi connectivity index (χ4n) is 3.66. The van der Waals surface area contributed by atoms with Gasteiger partial charge in [0.2, 0.25) is 0 Å². The molecule has 0 aromatic heterocycles. The molecule has 118 valence electrons. The molecule has 1 aliphatic heterocycles. The SMILES string of the molecule is CN1CCN(CCNC2CCC(C(C)(C)C)CC2)CC1. The number of hydrogen-bond acceptors (Lipinski definition) is 3. The van der Waals surface area contributed by atoms with Crippen LogP contribution < -0.4 is 5.32 Å². The lowest BCUT2D eigenvalue weighted by Gasteiger charge is -2.37. The zero-order chi connectivity index (χ0) is 14.6. The van der Waals surface area contributed by atoms with Crippen LogP contribution >= 0.6 is 0 Å². The van der Waals surface area contributed by atoms with E-state index in [4.69, 9.17) is 0 Å². The number of nitrogens with zero attached hydrogens (tertiary/aromatic N) is 2. The van der Waals surface area contributed by atoms with E-state index in [1.165, 1.54) is 65.0 Å². The Labute approximate surface area is 126 Å². The van der Waals surface area contributed by atoms with Crippen LogP contribution in [0.4, 0.5) is 0 Å². The van der Waals surface area contributed by atoms with E-state index in [1.807, 2.05) is 0 Å². The molecule has 0 atom stereocenters. The molecule has 1 saturated carbocycles. The fraction of sp³-hybridized carbons (Fsp3) is 1.00. The molecule has 0 aromatic carbocycles. The Balaban J connectivity index is 1.57. The van der Waals surface area contributed by atoms with E-state index in [0.717, 1.165) is 12.0 Å². The van der Waals surface area contributed by atoms with Crippen molar-refractivity contribution in [1.82, 2.24) is 15.1 Å². The van der Waals surface area contributed by atoms with Crippen LogP contribution in [-0.2, 0) is 0 Å². The lowest BCUT2D eigenvalue weighted by atomic mass is 9.71. The molecule has 2 fully saturated rings. The molecule has 3 nitrogen and oxygen atoms in total. The average molecular weight is 281 g/mol. The van der Waals surface area contributed by atoms with Crippen LogP contribution in [0.15, 0.2) is 0 Å². The molecule has 0 spiro atoms. The largest absolute Gasteiger partial charge is 0.313 e. The first-order valence-corrected chi connectivity index (χ1v) is 8.59. The van der Waals surface area contributed by atoms with E-state index < -0.39 is 0 Å². The van der Waals surface area contributed by atoms with Crippen molar-refractivity contribution in [2.24, 2.45) is 11.3 Å². The van der Waals surface area contributed by atoms with Crippen LogP contribution in [0, 0.1) is 11.3 Å². The maximum absolute atomic E-state index is 3.80. The Hall–Kier alpha value is -0.120. The molecule has 1 aliphatic carbocycles. The summed E-state index contributed by atoms with van der Waals surface area (Å²) in [5, 5.41) is 3.80. The van der Waals surface area contributed by atoms with Gasteiger partial charge in [0.1, 0.15) is 0 Å². The van der Waals surface area contributed by atoms with E-state index in [-0.39, 0.29) is 0 Å². The highest BCUT2D eigenvalue weighted by Gasteiger charge is 2.29. The van der Waals surface area contributed by atoms with E-state index >= 15 is 0 Å². The van der Waals surface area contributed by atoms with E-state index in [0.29, 0.717) is 5.41 Å². The zero-order valence-electron chi connectivity index (χ0n) is 14.1. The van der Waals surface area contributed by atoms with Gasteiger partial charge in [-0.2, -0.15) is 0 Å². The number of hydrogen-bond donors (Lipinski definition) is 1. The number of rotatable bonds is 4. The fourth-order valence-corrected chi connectivity index (χ4v) is 3.66. The monoisotopic (exact) mass is 281 g/mol. The van der Waals surface area contributed by atoms with Crippen LogP contribution in [0.2, 0.25) is 0 Å². The summed E-state index contributed by atoms with van der Waals surface area (Å²) in [6, 6.07) is 0.779. The van der Waals surface area contributed by atoms with Crippen LogP contribution in [0.5, 0.6) is 0 Å². The van der Waals surface area contributed by atoms with Gasteiger partial charge in [-0.05, 0) is 44.1 Å². The molecule has 0 unspecified atom stereocenters. The average Bonchev–Trinajstić information content (AvgIpc) is 2.41. The van der Waals surface area contributed by atoms with Gasteiger partial charge in [0, 0.05) is 45.3 Å². The standard InChI is InChI=1S/C17H35N3/c1-17(2,3)15-5-7-16(8-6-15)18-9-10-20-13-11-19(4)12-14-20/h15-16,18H,5-14H2,1-4H3. The second kappa shape index (κ2) is 7.24. The summed E-state index contributed by atoms with van der Waals surface area (Å²) < 4.78 is 0. The van der Waals surface area contributed by atoms with Gasteiger partial charge in [0.05, 0.1) is 0 Å². The summed E-state index contributed by atoms with van der Waals surface area (Å²) in [6.07, 6.45) is 5.58. The molecule has 0 aromatic rings. The van der Waals surface area contributed by atoms with Gasteiger partial charge in [-0.15, -0.1) is 0 Å². The molecular formula is C17H35N3. The predicted molar refractivity (Wildman–Crippen MR) is 87.1 cm³/mol. The van der Waals surface area contributed by atoms with Gasteiger partial charge >= 0.3 is 0 Å². The molecule has 0 amide bonds. The number of piperazine rings is 1. The highest BCUT2D eigenvalue weighted by Crippen LogP contribution is 2.37. The summed E-state index contributed by atoms with van der Waals surface area (Å²) in [5.74, 6) is 0.929. The lowest BCUT2D eigenvalue weighted by Crippen LogP contribution is -2.47. The molecule has 0 radical (unpaired) electrons. The molecule has 0 bridgehead atoms. The minimum absolute atomic E-state index is 0.505. The van der Waals surface area contributed by atoms with Gasteiger partial charge in [-0.1, -0.05) is 20.8 Å². The normalized spacial score (nSPS) is 30.6. The second-order valence-electron chi connectivity index (χ2n) is 8.01. The molecule has 1 saturated heterocycles. The van der Waals surface area contributed by atoms with Crippen molar-refractivity contribution in [1.29, 1.82) is 0 Å². The van der Waals surface area contributed by atoms with Crippen molar-refractivity contribution in [2.75, 3.05) is 46.3 Å². The van der Waals surface area contributed by atoms with Crippen LogP contribution in [0.3, 0.4) is 0 Å². The van der Waals surface area contributed by atoms with Crippen LogP contribution in [0.1, 0.15) is 46.5 Å². The predicted octanol–water partition coefficient (Wildman–Crippen LogP) is 2.43. The first kappa shape index (κ1) is 16.3. The van der Waals surface area contributed by atoms with Gasteiger partial charge < -0.3 is 10.2 Å². The maximum Gasteiger partial charge on any atom is 0.0110 e. The third-order valence-electron chi connectivity index (χ3n) is 5.41. The van der Waals surface area contributed by atoms with Gasteiger partial charge in [0.25, 0.3) is 0 Å². The summed E-state index contributed by atoms with van der Waals surface area (Å²) in [6.45, 7) is 14.6. The smallest absolute Gasteiger partial charge is 0.0110 e. The van der Waals surface area contributed by atoms with E-state index in [2.05, 4.69) is 42.9 Å². The van der Waals surface area contributed by atoms with Crippen LogP contribution in [-0.4, -0.2) is 62.2 Å². The quantitative estimate of drug-likeness (QED) is 0.854. The minimum Gasteiger partial charge on any atom is -0.313 e. The van der Waals surface area contributed by atoms with Crippen molar-refractivity contribution in [2.45, 2.75) is 52.5 Å². The summed E-state index contributed by atoms with van der Waals surface area (Å²) in [7, 11) is 2.23. The first-order valence-electron chi connectivity index (χ1n) is 8.59. The topological polar surface area (TPSA) is 18.5 Å². The highest BCUT2D eigenvalue weighted by molar-refractivity contribution is 4.83. The van der Waals surface area contributed by atoms with Gasteiger partial charge in [-0.3, -0.25) is 4.90 Å². The van der Waals surface area contributed by atoms with Gasteiger partial charge in [-0.25, -0.2) is 0 Å². The molecule has 3 heteroatoms. The third kappa shape index (κ3) is 5.01. The Morgan fingerprint density at radius 1 is 0.950 bits per heavy atom. The Morgan fingerprint density at radius 2 is 1.55 bits per heavy atom. The Kier molecular flexibility index (Phi) is 5.88. The Morgan fingerprint density at radius 3 is 2.10 bits per heavy atom. The molecular weight excluding hydrogens is 246 g/mol. The van der Waals surface area contributed by atoms with Crippen molar-refractivity contribution >= 4 is 0 Å². The van der Waals surface area contributed by atoms with Crippen molar-refractivity contribution in [3.05, 3.63) is 0 Å². The zero-order valence-corrected chi connectivity index (χ0v) is 14.1. The highest BCUT2D eigenvalue weighted by atomic mass is 15.2. The van der Waals surface area contributed by atoms with Crippen molar-refractivity contribution < 1.29 is 0 Å². The van der Waals surface area contributed by atoms with Crippen molar-refractivity contribution in [3.8, 4) is 0 Å². The molecule has 1 heterocycles. The number of nitrogens with one attached hydrogen (secondary N) is 1. The number of likely N-dealkylation sites (N-methyl/N-ethyl adjacent to an activating group) is 1. The molecule has 2 aliphatic rings. The Bertz CT molecular complexity index is 268. The van der Waals surface area contributed by atoms with Crippen LogP contribution in [0.25, 0.3) is 0 Å². The molecule has 2 rings (SSSR count). The summed E-state index contributed by atoms with van der Waals surface area (Å²) in [4.78, 5) is 5.03. The molecule has 1 N–H and O–H groups in total. The lowest BCUT2D eigenvalue weighted by molar-refractivity contribution is 0.143. The first-order chi connectivity index (χ1) is 9.45. The third-order valence-corrected chi connectivity index (χ3v) is 5.41. The van der Waals surface area contributed by atoms with Crippen molar-refractivity contribution in [3.63, 3.8) is 0 Å².